The normalized spacial score (nSPS) is 36.9. The Kier molecular flexibility index (Phi) is 7.35. The predicted molar refractivity (Wildman–Crippen MR) is 132 cm³/mol. The summed E-state index contributed by atoms with van der Waals surface area (Å²) < 4.78 is 29.9. The van der Waals surface area contributed by atoms with Crippen LogP contribution in [0.1, 0.15) is 64.7 Å². The van der Waals surface area contributed by atoms with Gasteiger partial charge in [0.2, 0.25) is 0 Å². The van der Waals surface area contributed by atoms with Crippen molar-refractivity contribution in [2.45, 2.75) is 90.0 Å². The molecule has 2 saturated carbocycles. The summed E-state index contributed by atoms with van der Waals surface area (Å²) in [5.74, 6) is -3.28. The quantitative estimate of drug-likeness (QED) is 0.430. The summed E-state index contributed by atoms with van der Waals surface area (Å²) in [4.78, 5) is 49.8. The molecule has 10 nitrogen and oxygen atoms in total. The first-order valence-electron chi connectivity index (χ1n) is 12.9. The number of carbonyl (C=O) groups is 4. The van der Waals surface area contributed by atoms with Gasteiger partial charge in [0.25, 0.3) is 0 Å². The minimum Gasteiger partial charge on any atom is -0.465 e. The van der Waals surface area contributed by atoms with Crippen molar-refractivity contribution in [1.82, 2.24) is 0 Å². The van der Waals surface area contributed by atoms with Crippen molar-refractivity contribution in [3.8, 4) is 0 Å². The summed E-state index contributed by atoms with van der Waals surface area (Å²) in [6.45, 7) is 8.91. The molecule has 38 heavy (non-hydrogen) atoms. The van der Waals surface area contributed by atoms with Gasteiger partial charge in [-0.05, 0) is 44.7 Å². The van der Waals surface area contributed by atoms with E-state index in [1.807, 2.05) is 20.8 Å². The first-order chi connectivity index (χ1) is 17.8. The lowest BCUT2D eigenvalue weighted by molar-refractivity contribution is -0.317. The number of rotatable bonds is 6. The Bertz CT molecular complexity index is 1100. The van der Waals surface area contributed by atoms with E-state index in [9.17, 15) is 24.3 Å². The summed E-state index contributed by atoms with van der Waals surface area (Å²) in [6, 6.07) is 8.39. The molecular weight excluding hydrogens is 496 g/mol. The zero-order chi connectivity index (χ0) is 28.0. The van der Waals surface area contributed by atoms with Crippen LogP contribution in [0.4, 0.5) is 0 Å². The minimum atomic E-state index is -1.63. The molecular formula is C28H36O10. The topological polar surface area (TPSA) is 135 Å². The van der Waals surface area contributed by atoms with E-state index in [-0.39, 0.29) is 12.8 Å². The molecule has 2 bridgehead atoms. The number of hydrogen-bond acceptors (Lipinski definition) is 10. The number of hydrogen-bond donors (Lipinski definition) is 1. The fourth-order valence-electron chi connectivity index (χ4n) is 7.05. The molecule has 208 valence electrons. The molecule has 1 saturated heterocycles. The lowest BCUT2D eigenvalue weighted by atomic mass is 9.48. The largest absolute Gasteiger partial charge is 0.465 e. The molecule has 1 heterocycles. The van der Waals surface area contributed by atoms with Crippen LogP contribution in [0.25, 0.3) is 0 Å². The van der Waals surface area contributed by atoms with E-state index in [1.54, 1.807) is 30.3 Å². The monoisotopic (exact) mass is 532 g/mol. The van der Waals surface area contributed by atoms with Gasteiger partial charge in [-0.3, -0.25) is 14.4 Å². The molecule has 3 aliphatic rings. The van der Waals surface area contributed by atoms with Crippen LogP contribution in [0.5, 0.6) is 0 Å². The molecule has 1 N–H and O–H groups in total. The van der Waals surface area contributed by atoms with Gasteiger partial charge in [0.15, 0.2) is 0 Å². The highest BCUT2D eigenvalue weighted by molar-refractivity contribution is 5.89. The van der Waals surface area contributed by atoms with Crippen LogP contribution in [0, 0.1) is 17.3 Å². The lowest BCUT2D eigenvalue weighted by Crippen LogP contribution is -2.78. The van der Waals surface area contributed by atoms with E-state index in [0.717, 1.165) is 0 Å². The number of aliphatic hydroxyl groups is 1. The molecule has 1 aliphatic heterocycles. The first kappa shape index (κ1) is 28.0. The molecule has 8 atom stereocenters. The summed E-state index contributed by atoms with van der Waals surface area (Å²) in [7, 11) is 0. The highest BCUT2D eigenvalue weighted by Gasteiger charge is 2.81. The number of esters is 4. The van der Waals surface area contributed by atoms with E-state index in [1.165, 1.54) is 20.8 Å². The van der Waals surface area contributed by atoms with Crippen LogP contribution in [-0.4, -0.2) is 71.2 Å². The Labute approximate surface area is 221 Å². The van der Waals surface area contributed by atoms with Gasteiger partial charge in [0.1, 0.15) is 42.0 Å². The third-order valence-electron chi connectivity index (χ3n) is 8.46. The first-order valence-corrected chi connectivity index (χ1v) is 12.9. The number of fused-ring (bicyclic) bond motifs is 1. The molecule has 1 aromatic carbocycles. The van der Waals surface area contributed by atoms with Crippen molar-refractivity contribution in [1.29, 1.82) is 0 Å². The smallest absolute Gasteiger partial charge is 0.338 e. The van der Waals surface area contributed by atoms with Crippen LogP contribution >= 0.6 is 0 Å². The molecule has 10 heteroatoms. The Morgan fingerprint density at radius 2 is 1.58 bits per heavy atom. The van der Waals surface area contributed by atoms with Crippen molar-refractivity contribution in [3.05, 3.63) is 35.9 Å². The molecule has 1 aromatic rings. The van der Waals surface area contributed by atoms with Crippen LogP contribution < -0.4 is 0 Å². The van der Waals surface area contributed by atoms with Gasteiger partial charge < -0.3 is 28.8 Å². The summed E-state index contributed by atoms with van der Waals surface area (Å²) in [6.07, 6.45) is -4.05. The number of ether oxygens (including phenoxy) is 5. The molecule has 1 spiro atoms. The fraction of sp³-hybridized carbons (Fsp3) is 0.643. The van der Waals surface area contributed by atoms with Crippen LogP contribution in [0.3, 0.4) is 0 Å². The van der Waals surface area contributed by atoms with E-state index in [2.05, 4.69) is 0 Å². The van der Waals surface area contributed by atoms with Gasteiger partial charge in [-0.2, -0.15) is 0 Å². The third kappa shape index (κ3) is 4.37. The van der Waals surface area contributed by atoms with E-state index < -0.39 is 83.4 Å². The van der Waals surface area contributed by atoms with E-state index >= 15 is 0 Å². The average molecular weight is 533 g/mol. The maximum Gasteiger partial charge on any atom is 0.338 e. The van der Waals surface area contributed by atoms with Crippen molar-refractivity contribution in [2.75, 3.05) is 6.61 Å². The Morgan fingerprint density at radius 3 is 2.16 bits per heavy atom. The number of benzene rings is 1. The predicted octanol–water partition coefficient (Wildman–Crippen LogP) is 2.59. The Balaban J connectivity index is 1.93. The van der Waals surface area contributed by atoms with Gasteiger partial charge in [-0.1, -0.05) is 25.1 Å². The molecule has 0 aromatic heterocycles. The van der Waals surface area contributed by atoms with E-state index in [4.69, 9.17) is 23.7 Å². The van der Waals surface area contributed by atoms with Crippen LogP contribution in [0.15, 0.2) is 30.3 Å². The van der Waals surface area contributed by atoms with Gasteiger partial charge in [-0.25, -0.2) is 4.79 Å². The second-order valence-electron chi connectivity index (χ2n) is 11.2. The molecule has 0 radical (unpaired) electrons. The second kappa shape index (κ2) is 9.96. The van der Waals surface area contributed by atoms with Gasteiger partial charge >= 0.3 is 23.9 Å². The minimum absolute atomic E-state index is 0.142. The molecule has 4 rings (SSSR count). The van der Waals surface area contributed by atoms with Crippen LogP contribution in [0.2, 0.25) is 0 Å². The average Bonchev–Trinajstić information content (AvgIpc) is 2.99. The zero-order valence-electron chi connectivity index (χ0n) is 22.6. The maximum atomic E-state index is 13.3. The van der Waals surface area contributed by atoms with Crippen molar-refractivity contribution in [2.24, 2.45) is 17.3 Å². The van der Waals surface area contributed by atoms with E-state index in [0.29, 0.717) is 5.56 Å². The third-order valence-corrected chi connectivity index (χ3v) is 8.46. The van der Waals surface area contributed by atoms with Gasteiger partial charge in [-0.15, -0.1) is 0 Å². The standard InChI is InChI=1S/C28H36O10/c1-15-12-21(35-17(3)30)23(32)27(14-34-16(2)29)22(37-25(33)19-10-8-7-9-11-19)13-20-24(36-18(4)31)28(15,27)38-26(20,5)6/h7-11,15,20-24,32H,12-14H2,1-6H3/t15-,20+,21+,22+,23-,24+,27+,28+/m1/s1. The lowest BCUT2D eigenvalue weighted by Gasteiger charge is -2.63. The highest BCUT2D eigenvalue weighted by Crippen LogP contribution is 2.67. The number of carbonyl (C=O) groups excluding carboxylic acids is 4. The summed E-state index contributed by atoms with van der Waals surface area (Å²) in [5, 5.41) is 12.0. The SMILES string of the molecule is CC(=O)OC[C@@]12[C@@H](OC(=O)c3ccccc3)C[C@H]3[C@H](OC(C)=O)[C@@]1(OC3(C)C)[C@H](C)C[C@H](OC(C)=O)[C@H]2O. The summed E-state index contributed by atoms with van der Waals surface area (Å²) in [5.41, 5.74) is -3.63. The zero-order valence-corrected chi connectivity index (χ0v) is 22.6. The maximum absolute atomic E-state index is 13.3. The molecule has 3 fully saturated rings. The molecule has 2 aliphatic carbocycles. The van der Waals surface area contributed by atoms with Gasteiger partial charge in [0.05, 0.1) is 11.2 Å². The van der Waals surface area contributed by atoms with Crippen molar-refractivity contribution < 1.29 is 48.0 Å². The van der Waals surface area contributed by atoms with Crippen LogP contribution in [-0.2, 0) is 38.1 Å². The Morgan fingerprint density at radius 1 is 0.947 bits per heavy atom. The number of aliphatic hydroxyl groups excluding tert-OH is 1. The van der Waals surface area contributed by atoms with Crippen molar-refractivity contribution in [3.63, 3.8) is 0 Å². The fourth-order valence-corrected chi connectivity index (χ4v) is 7.05. The van der Waals surface area contributed by atoms with Crippen molar-refractivity contribution >= 4 is 23.9 Å². The molecule has 0 unspecified atom stereocenters. The highest BCUT2D eigenvalue weighted by atomic mass is 16.6. The summed E-state index contributed by atoms with van der Waals surface area (Å²) >= 11 is 0. The second-order valence-corrected chi connectivity index (χ2v) is 11.2. The Hall–Kier alpha value is -2.98. The molecule has 0 amide bonds. The van der Waals surface area contributed by atoms with Gasteiger partial charge in [0, 0.05) is 26.7 Å².